The van der Waals surface area contributed by atoms with Crippen LogP contribution < -0.4 is 0 Å². The molecule has 0 saturated heterocycles. The summed E-state index contributed by atoms with van der Waals surface area (Å²) < 4.78 is 8.34. The molecule has 0 spiro atoms. The fourth-order valence-electron chi connectivity index (χ4n) is 0. The van der Waals surface area contributed by atoms with Crippen LogP contribution in [-0.4, -0.2) is 18.9 Å². The van der Waals surface area contributed by atoms with Crippen LogP contribution in [0.3, 0.4) is 0 Å². The summed E-state index contributed by atoms with van der Waals surface area (Å²) in [5.41, 5.74) is 0. The van der Waals surface area contributed by atoms with Gasteiger partial charge in [0.2, 0.25) is 0 Å². The molecule has 0 aromatic rings. The van der Waals surface area contributed by atoms with E-state index in [0.29, 0.717) is 24.7 Å². The van der Waals surface area contributed by atoms with Crippen molar-refractivity contribution in [3.05, 3.63) is 0 Å². The number of rotatable bonds is 0. The fourth-order valence-corrected chi connectivity index (χ4v) is 0. The zero-order valence-electron chi connectivity index (χ0n) is 1.22. The van der Waals surface area contributed by atoms with Crippen LogP contribution >= 0.6 is 0 Å². The van der Waals surface area contributed by atoms with Gasteiger partial charge < -0.3 is 0 Å². The minimum atomic E-state index is 0. The van der Waals surface area contributed by atoms with Gasteiger partial charge in [0.1, 0.15) is 0 Å². The number of hydrogen-bond donors (Lipinski definition) is 0. The van der Waals surface area contributed by atoms with Gasteiger partial charge in [0.05, 0.1) is 0 Å². The third kappa shape index (κ3) is 9.23. The second kappa shape index (κ2) is 21.6. The topological polar surface area (TPSA) is 17.1 Å². The molecule has 4 heavy (non-hydrogen) atoms. The Morgan fingerprint density at radius 2 is 1.25 bits per heavy atom. The third-order valence-corrected chi connectivity index (χ3v) is 0. The van der Waals surface area contributed by atoms with Crippen molar-refractivity contribution in [3.8, 4) is 0 Å². The van der Waals surface area contributed by atoms with Crippen LogP contribution in [0.15, 0.2) is 0 Å². The maximum absolute atomic E-state index is 8.34. The molecule has 0 fully saturated rings. The molecule has 0 amide bonds. The molecule has 0 rings (SSSR count). The van der Waals surface area contributed by atoms with Gasteiger partial charge in [0.15, 0.2) is 0 Å². The van der Waals surface area contributed by atoms with Crippen molar-refractivity contribution < 1.29 is 44.0 Å². The Bertz CT molecular complexity index is 8.00. The molecule has 22 valence electrons. The van der Waals surface area contributed by atoms with Crippen LogP contribution in [-0.2, 0) is 44.0 Å². The second-order valence-corrected chi connectivity index (χ2v) is 0. The van der Waals surface area contributed by atoms with Crippen molar-refractivity contribution in [1.29, 1.82) is 0 Å². The molecule has 0 aliphatic carbocycles. The van der Waals surface area contributed by atoms with Gasteiger partial charge in [-0.15, -0.1) is 0 Å². The van der Waals surface area contributed by atoms with Crippen LogP contribution in [0.1, 0.15) is 0 Å². The van der Waals surface area contributed by atoms with E-state index >= 15 is 0 Å². The van der Waals surface area contributed by atoms with Crippen molar-refractivity contribution >= 4 is 18.9 Å². The molecule has 0 unspecified atom stereocenters. The summed E-state index contributed by atoms with van der Waals surface area (Å²) in [7, 11) is 0. The SMILES string of the molecule is [LiH].[Ni].[O]=[Zr]. The zero-order valence-corrected chi connectivity index (χ0v) is 4.67. The molecule has 0 bridgehead atoms. The summed E-state index contributed by atoms with van der Waals surface area (Å²) >= 11 is 0.300. The fraction of sp³-hybridized carbons (Fsp3) is 0. The van der Waals surface area contributed by atoms with Gasteiger partial charge in [-0.25, -0.2) is 0 Å². The van der Waals surface area contributed by atoms with Crippen LogP contribution in [0.5, 0.6) is 0 Å². The standard InChI is InChI=1S/Li.Ni.O.Zr.H. The Kier molecular flexibility index (Phi) is 92.4. The summed E-state index contributed by atoms with van der Waals surface area (Å²) in [6.45, 7) is 0. The summed E-state index contributed by atoms with van der Waals surface area (Å²) in [5.74, 6) is 0. The first-order valence-corrected chi connectivity index (χ1v) is 1.21. The Morgan fingerprint density at radius 3 is 1.25 bits per heavy atom. The van der Waals surface area contributed by atoms with E-state index in [1.807, 2.05) is 0 Å². The molecule has 4 heteroatoms. The number of hydrogen-bond acceptors (Lipinski definition) is 1. The van der Waals surface area contributed by atoms with Crippen LogP contribution in [0, 0.1) is 0 Å². The average Bonchev–Trinajstić information content (AvgIpc) is 1.00. The summed E-state index contributed by atoms with van der Waals surface area (Å²) in [5, 5.41) is 0. The van der Waals surface area contributed by atoms with Crippen molar-refractivity contribution in [2.24, 2.45) is 0 Å². The second-order valence-electron chi connectivity index (χ2n) is 0. The van der Waals surface area contributed by atoms with E-state index < -0.39 is 0 Å². The summed E-state index contributed by atoms with van der Waals surface area (Å²) in [6.07, 6.45) is 0. The van der Waals surface area contributed by atoms with Crippen LogP contribution in [0.4, 0.5) is 0 Å². The predicted molar refractivity (Wildman–Crippen MR) is 7.84 cm³/mol. The average molecular weight is 174 g/mol. The Balaban J connectivity index is -0.00000000500. The molecule has 0 aromatic carbocycles. The molecule has 0 saturated carbocycles. The monoisotopic (exact) mass is 172 g/mol. The van der Waals surface area contributed by atoms with Gasteiger partial charge in [0, 0.05) is 16.5 Å². The van der Waals surface area contributed by atoms with Crippen molar-refractivity contribution in [2.75, 3.05) is 0 Å². The van der Waals surface area contributed by atoms with E-state index in [4.69, 9.17) is 2.81 Å². The maximum atomic E-state index is 8.34. The van der Waals surface area contributed by atoms with E-state index in [2.05, 4.69) is 0 Å². The van der Waals surface area contributed by atoms with Gasteiger partial charge in [-0.2, -0.15) is 0 Å². The van der Waals surface area contributed by atoms with E-state index in [1.54, 1.807) is 0 Å². The van der Waals surface area contributed by atoms with Gasteiger partial charge in [-0.3, -0.25) is 0 Å². The molecule has 0 aromatic heterocycles. The van der Waals surface area contributed by atoms with Crippen LogP contribution in [0.25, 0.3) is 0 Å². The van der Waals surface area contributed by atoms with Crippen molar-refractivity contribution in [3.63, 3.8) is 0 Å². The quantitative estimate of drug-likeness (QED) is 0.440. The van der Waals surface area contributed by atoms with Gasteiger partial charge in [0.25, 0.3) is 0 Å². The van der Waals surface area contributed by atoms with Crippen molar-refractivity contribution in [2.45, 2.75) is 0 Å². The third-order valence-electron chi connectivity index (χ3n) is 0. The van der Waals surface area contributed by atoms with Gasteiger partial charge in [-0.05, 0) is 0 Å². The van der Waals surface area contributed by atoms with E-state index in [-0.39, 0.29) is 35.4 Å². The molecule has 1 nitrogen and oxygen atoms in total. The molecular weight excluding hydrogens is 173 g/mol. The first-order chi connectivity index (χ1) is 1.00. The molecule has 0 atom stereocenters. The molecule has 0 N–H and O–H groups in total. The van der Waals surface area contributed by atoms with Gasteiger partial charge in [-0.1, -0.05) is 0 Å². The molecule has 0 heterocycles. The minimum absolute atomic E-state index is 0. The summed E-state index contributed by atoms with van der Waals surface area (Å²) in [6, 6.07) is 0. The van der Waals surface area contributed by atoms with Crippen molar-refractivity contribution in [1.82, 2.24) is 0 Å². The first kappa shape index (κ1) is 17.1. The van der Waals surface area contributed by atoms with Crippen LogP contribution in [0.2, 0.25) is 0 Å². The van der Waals surface area contributed by atoms with E-state index in [9.17, 15) is 0 Å². The first-order valence-electron chi connectivity index (χ1n) is 0.204. The Hall–Kier alpha value is 1.77. The Labute approximate surface area is 62.3 Å². The predicted octanol–water partition coefficient (Wildman–Crippen LogP) is -0.772. The Morgan fingerprint density at radius 1 is 1.25 bits per heavy atom. The van der Waals surface area contributed by atoms with Gasteiger partial charge >= 0.3 is 46.4 Å². The molecule has 0 radical (unpaired) electrons. The summed E-state index contributed by atoms with van der Waals surface area (Å²) in [4.78, 5) is 0. The molecule has 0 aliphatic heterocycles. The molecular formula is HLiNiOZr. The normalized spacial score (nSPS) is 0.750. The molecule has 0 aliphatic rings. The van der Waals surface area contributed by atoms with E-state index in [0.717, 1.165) is 0 Å². The van der Waals surface area contributed by atoms with E-state index in [1.165, 1.54) is 0 Å². The zero-order chi connectivity index (χ0) is 2.00.